The molecular weight excluding hydrogens is 1090 g/mol. The van der Waals surface area contributed by atoms with E-state index in [1.807, 2.05) is 140 Å². The Morgan fingerprint density at radius 2 is 1.07 bits per heavy atom. The van der Waals surface area contributed by atoms with Crippen molar-refractivity contribution in [2.24, 2.45) is 0 Å². The van der Waals surface area contributed by atoms with Crippen LogP contribution in [-0.4, -0.2) is 167 Å². The first-order chi connectivity index (χ1) is 42.1. The largest absolute Gasteiger partial charge is 0.457 e. The van der Waals surface area contributed by atoms with Crippen LogP contribution in [0.3, 0.4) is 0 Å². The summed E-state index contributed by atoms with van der Waals surface area (Å²) in [4.78, 5) is 51.8. The van der Waals surface area contributed by atoms with Gasteiger partial charge >= 0.3 is 0 Å². The van der Waals surface area contributed by atoms with E-state index in [0.717, 1.165) is 55.4 Å². The van der Waals surface area contributed by atoms with Gasteiger partial charge in [-0.15, -0.1) is 0 Å². The molecule has 0 saturated carbocycles. The number of likely N-dealkylation sites (tertiary alicyclic amines) is 2. The van der Waals surface area contributed by atoms with E-state index in [2.05, 4.69) is 48.9 Å². The second-order valence-electron chi connectivity index (χ2n) is 21.2. The number of ether oxygens (including phenoxy) is 5. The minimum Gasteiger partial charge on any atom is -0.457 e. The lowest BCUT2D eigenvalue weighted by Gasteiger charge is -2.21. The Kier molecular flexibility index (Phi) is 19.7. The maximum atomic E-state index is 13.1. The lowest BCUT2D eigenvalue weighted by molar-refractivity contribution is -0.125. The van der Waals surface area contributed by atoms with E-state index >= 15 is 0 Å². The third-order valence-corrected chi connectivity index (χ3v) is 15.8. The van der Waals surface area contributed by atoms with Crippen molar-refractivity contribution in [1.29, 1.82) is 10.5 Å². The molecule has 0 aliphatic carbocycles. The molecule has 3 saturated heterocycles. The summed E-state index contributed by atoms with van der Waals surface area (Å²) in [6.07, 6.45) is 12.3. The molecule has 0 unspecified atom stereocenters. The fourth-order valence-electron chi connectivity index (χ4n) is 11.3. The smallest absolute Gasteiger partial charge is 0.246 e. The molecule has 3 atom stereocenters. The van der Waals surface area contributed by atoms with Gasteiger partial charge < -0.3 is 54.1 Å². The van der Waals surface area contributed by atoms with Crippen molar-refractivity contribution in [3.8, 4) is 57.4 Å². The van der Waals surface area contributed by atoms with Crippen molar-refractivity contribution >= 4 is 45.5 Å². The number of anilines is 2. The number of amides is 2. The Balaban J connectivity index is 0.000000191. The summed E-state index contributed by atoms with van der Waals surface area (Å²) in [5.41, 5.74) is 17.8. The van der Waals surface area contributed by atoms with E-state index in [4.69, 9.17) is 35.2 Å². The molecular formula is C65H70N14O7. The van der Waals surface area contributed by atoms with E-state index in [0.29, 0.717) is 139 Å². The average molecular weight is 1160 g/mol. The molecule has 11 rings (SSSR count). The van der Waals surface area contributed by atoms with Gasteiger partial charge in [-0.05, 0) is 86.0 Å². The molecule has 8 aromatic rings. The van der Waals surface area contributed by atoms with Gasteiger partial charge in [0.05, 0.1) is 42.7 Å². The molecule has 442 valence electrons. The third-order valence-electron chi connectivity index (χ3n) is 15.8. The summed E-state index contributed by atoms with van der Waals surface area (Å²) >= 11 is 0. The first kappa shape index (κ1) is 59.7. The Hall–Kier alpha value is -9.48. The number of carbonyl (C=O) groups is 2. The van der Waals surface area contributed by atoms with Gasteiger partial charge in [0.15, 0.2) is 0 Å². The molecule has 4 aromatic heterocycles. The van der Waals surface area contributed by atoms with Crippen molar-refractivity contribution in [3.05, 3.63) is 158 Å². The van der Waals surface area contributed by atoms with Crippen LogP contribution in [0.1, 0.15) is 42.7 Å². The summed E-state index contributed by atoms with van der Waals surface area (Å²) in [5.74, 6) is 3.32. The van der Waals surface area contributed by atoms with Gasteiger partial charge in [0, 0.05) is 103 Å². The van der Waals surface area contributed by atoms with Gasteiger partial charge in [-0.25, -0.2) is 19.9 Å². The minimum atomic E-state index is -0.145. The van der Waals surface area contributed by atoms with Crippen LogP contribution in [0, 0.1) is 22.7 Å². The zero-order valence-electron chi connectivity index (χ0n) is 48.6. The maximum absolute atomic E-state index is 13.1. The number of likely N-dealkylation sites (N-methyl/N-ethyl adjacent to an activating group) is 1. The lowest BCUT2D eigenvalue weighted by Crippen LogP contribution is -2.32. The third kappa shape index (κ3) is 13.7. The van der Waals surface area contributed by atoms with E-state index in [1.54, 1.807) is 26.4 Å². The van der Waals surface area contributed by atoms with Crippen molar-refractivity contribution < 1.29 is 33.3 Å². The maximum Gasteiger partial charge on any atom is 0.246 e. The SMILES string of the molecule is CN(C/C=C/C(=O)N1CC[C@@H](n2c(C#N)c(-c3ccc(Oc4ccccc4)cc3)c3c(N)ncnc32)C1)[C@H]1CCOC1.COCCN(C/C=C/C(=O)N1CC[C@@H](n2c(C#N)c(-c3ccc(Oc4ccccc4)cc3)c3c(N)ncnc32)C1)CCOC. The van der Waals surface area contributed by atoms with Crippen LogP contribution in [0.2, 0.25) is 0 Å². The number of para-hydroxylation sites is 2. The van der Waals surface area contributed by atoms with E-state index in [9.17, 15) is 20.1 Å². The number of nitrogen functional groups attached to an aromatic ring is 2. The molecule has 2 amide bonds. The molecule has 21 nitrogen and oxygen atoms in total. The fourth-order valence-corrected chi connectivity index (χ4v) is 11.3. The van der Waals surface area contributed by atoms with Crippen LogP contribution in [0.4, 0.5) is 11.6 Å². The Bertz CT molecular complexity index is 3750. The highest BCUT2D eigenvalue weighted by atomic mass is 16.5. The molecule has 4 N–H and O–H groups in total. The molecule has 4 aromatic carbocycles. The summed E-state index contributed by atoms with van der Waals surface area (Å²) < 4.78 is 31.6. The molecule has 3 fully saturated rings. The Morgan fingerprint density at radius 1 is 0.628 bits per heavy atom. The highest BCUT2D eigenvalue weighted by Gasteiger charge is 2.34. The highest BCUT2D eigenvalue weighted by molar-refractivity contribution is 6.04. The van der Waals surface area contributed by atoms with Crippen molar-refractivity contribution in [1.82, 2.24) is 48.7 Å². The average Bonchev–Trinajstić information content (AvgIpc) is 2.20. The molecule has 3 aliphatic rings. The van der Waals surface area contributed by atoms with Gasteiger partial charge in [-0.1, -0.05) is 72.8 Å². The van der Waals surface area contributed by atoms with Crippen LogP contribution in [0.25, 0.3) is 44.3 Å². The van der Waals surface area contributed by atoms with Crippen molar-refractivity contribution in [2.45, 2.75) is 37.4 Å². The molecule has 0 bridgehead atoms. The Labute approximate surface area is 499 Å². The summed E-state index contributed by atoms with van der Waals surface area (Å²) in [5, 5.41) is 22.1. The predicted molar refractivity (Wildman–Crippen MR) is 328 cm³/mol. The zero-order valence-corrected chi connectivity index (χ0v) is 48.6. The zero-order chi connectivity index (χ0) is 59.9. The normalized spacial score (nSPS) is 16.8. The molecule has 0 spiro atoms. The predicted octanol–water partition coefficient (Wildman–Crippen LogP) is 8.66. The van der Waals surface area contributed by atoms with Gasteiger partial charge in [0.1, 0.15) is 82.1 Å². The van der Waals surface area contributed by atoms with Crippen LogP contribution in [-0.2, 0) is 23.8 Å². The molecule has 0 radical (unpaired) electrons. The van der Waals surface area contributed by atoms with Crippen LogP contribution < -0.4 is 20.9 Å². The summed E-state index contributed by atoms with van der Waals surface area (Å²) in [7, 11) is 5.39. The monoisotopic (exact) mass is 1160 g/mol. The number of carbonyl (C=O) groups excluding carboxylic acids is 2. The summed E-state index contributed by atoms with van der Waals surface area (Å²) in [6.45, 7) is 7.61. The number of nitrogens with two attached hydrogens (primary N) is 2. The molecule has 3 aliphatic heterocycles. The fraction of sp³-hybridized carbons (Fsp3) is 0.323. The topological polar surface area (TPSA) is 254 Å². The quantitative estimate of drug-likeness (QED) is 0.0638. The standard InChI is InChI=1S/C33H37N7O4.C32H33N7O3/c1-42-19-17-38(18-20-43-2)15-6-9-29(41)39-16-14-25(22-39)40-28(21-34)30(31-32(35)36-23-37-33(31)40)24-10-12-27(13-11-24)44-26-7-4-3-5-8-26;1-37(24-14-17-41-20-24)15-5-8-28(40)38-16-13-23(19-38)39-27(18-33)29(30-31(34)35-21-36-32(30)39)22-9-11-26(12-10-22)42-25-6-3-2-4-7-25/h3-13,23,25H,14-20,22H2,1-2H3,(H2,35,36,37);2-12,21,23-24H,13-17,19-20H2,1H3,(H2,34,35,36)/b9-6+;8-5+/t25-;23-,24+/m11/s1. The molecule has 7 heterocycles. The number of nitriles is 2. The van der Waals surface area contributed by atoms with E-state index in [1.165, 1.54) is 12.7 Å². The van der Waals surface area contributed by atoms with Gasteiger partial charge in [-0.2, -0.15) is 10.5 Å². The van der Waals surface area contributed by atoms with Crippen LogP contribution in [0.15, 0.2) is 146 Å². The molecule has 21 heteroatoms. The number of nitrogens with zero attached hydrogens (tertiary/aromatic N) is 12. The highest BCUT2D eigenvalue weighted by Crippen LogP contribution is 2.42. The van der Waals surface area contributed by atoms with E-state index in [-0.39, 0.29) is 23.9 Å². The first-order valence-electron chi connectivity index (χ1n) is 28.7. The first-order valence-corrected chi connectivity index (χ1v) is 28.7. The van der Waals surface area contributed by atoms with Crippen LogP contribution in [0.5, 0.6) is 23.0 Å². The van der Waals surface area contributed by atoms with E-state index < -0.39 is 0 Å². The number of rotatable bonds is 21. The lowest BCUT2D eigenvalue weighted by atomic mass is 10.0. The number of methoxy groups -OCH3 is 2. The van der Waals surface area contributed by atoms with Crippen LogP contribution >= 0.6 is 0 Å². The van der Waals surface area contributed by atoms with Crippen molar-refractivity contribution in [2.75, 3.05) is 112 Å². The number of fused-ring (bicyclic) bond motifs is 2. The minimum absolute atomic E-state index is 0.0353. The Morgan fingerprint density at radius 3 is 1.49 bits per heavy atom. The second kappa shape index (κ2) is 28.4. The van der Waals surface area contributed by atoms with Gasteiger partial charge in [0.2, 0.25) is 11.8 Å². The number of benzene rings is 4. The number of hydrogen-bond acceptors (Lipinski definition) is 17. The van der Waals surface area contributed by atoms with Gasteiger partial charge in [-0.3, -0.25) is 19.4 Å². The number of hydrogen-bond donors (Lipinski definition) is 2. The van der Waals surface area contributed by atoms with Crippen molar-refractivity contribution in [3.63, 3.8) is 0 Å². The molecule has 86 heavy (non-hydrogen) atoms. The summed E-state index contributed by atoms with van der Waals surface area (Å²) in [6, 6.07) is 39.1. The number of aromatic nitrogens is 6. The second-order valence-corrected chi connectivity index (χ2v) is 21.2. The van der Waals surface area contributed by atoms with Gasteiger partial charge in [0.25, 0.3) is 0 Å².